The van der Waals surface area contributed by atoms with Crippen molar-refractivity contribution in [3.8, 4) is 0 Å². The maximum Gasteiger partial charge on any atom is 0.226 e. The molecular weight excluding hydrogens is 264 g/mol. The molecule has 1 aliphatic carbocycles. The molecule has 0 unspecified atom stereocenters. The molecule has 0 saturated heterocycles. The van der Waals surface area contributed by atoms with Crippen molar-refractivity contribution in [2.75, 3.05) is 23.7 Å². The average Bonchev–Trinajstić information content (AvgIpc) is 2.97. The lowest BCUT2D eigenvalue weighted by Gasteiger charge is -2.21. The Morgan fingerprint density at radius 2 is 2.05 bits per heavy atom. The molecule has 0 aliphatic heterocycles. The largest absolute Gasteiger partial charge is 0.369 e. The van der Waals surface area contributed by atoms with Crippen molar-refractivity contribution in [3.63, 3.8) is 0 Å². The van der Waals surface area contributed by atoms with Crippen LogP contribution in [0.2, 0.25) is 0 Å². The standard InChI is InChI=1S/C15H24N6/c1-2-16-15-19-13(12-10-18-21-14(12)20-15)17-9-8-11-6-4-3-5-7-11/h10-11H,2-9H2,1H3,(H3,16,17,18,19,20,21). The van der Waals surface area contributed by atoms with Gasteiger partial charge in [0, 0.05) is 13.1 Å². The molecule has 0 radical (unpaired) electrons. The van der Waals surface area contributed by atoms with E-state index in [9.17, 15) is 0 Å². The summed E-state index contributed by atoms with van der Waals surface area (Å²) >= 11 is 0. The number of anilines is 2. The van der Waals surface area contributed by atoms with E-state index < -0.39 is 0 Å². The number of fused-ring (bicyclic) bond motifs is 1. The van der Waals surface area contributed by atoms with Crippen molar-refractivity contribution in [1.29, 1.82) is 0 Å². The van der Waals surface area contributed by atoms with Crippen LogP contribution in [-0.4, -0.2) is 33.3 Å². The van der Waals surface area contributed by atoms with Crippen LogP contribution in [-0.2, 0) is 0 Å². The van der Waals surface area contributed by atoms with Gasteiger partial charge < -0.3 is 10.6 Å². The van der Waals surface area contributed by atoms with Gasteiger partial charge in [-0.1, -0.05) is 32.1 Å². The molecule has 1 fully saturated rings. The molecule has 1 aliphatic rings. The van der Waals surface area contributed by atoms with Crippen molar-refractivity contribution < 1.29 is 0 Å². The highest BCUT2D eigenvalue weighted by Crippen LogP contribution is 2.26. The summed E-state index contributed by atoms with van der Waals surface area (Å²) in [6, 6.07) is 0. The summed E-state index contributed by atoms with van der Waals surface area (Å²) in [5, 5.41) is 14.6. The Labute approximate surface area is 125 Å². The average molecular weight is 288 g/mol. The Bertz CT molecular complexity index is 573. The molecule has 0 aromatic carbocycles. The molecule has 6 nitrogen and oxygen atoms in total. The highest BCUT2D eigenvalue weighted by atomic mass is 15.2. The highest BCUT2D eigenvalue weighted by Gasteiger charge is 2.14. The molecule has 3 rings (SSSR count). The van der Waals surface area contributed by atoms with Gasteiger partial charge in [0.1, 0.15) is 5.82 Å². The molecule has 21 heavy (non-hydrogen) atoms. The summed E-state index contributed by atoms with van der Waals surface area (Å²) in [4.78, 5) is 8.96. The van der Waals surface area contributed by atoms with Gasteiger partial charge >= 0.3 is 0 Å². The first kappa shape index (κ1) is 14.1. The summed E-state index contributed by atoms with van der Waals surface area (Å²) in [7, 11) is 0. The number of aromatic amines is 1. The van der Waals surface area contributed by atoms with Crippen LogP contribution in [0.25, 0.3) is 11.0 Å². The lowest BCUT2D eigenvalue weighted by atomic mass is 9.87. The normalized spacial score (nSPS) is 16.2. The number of hydrogen-bond donors (Lipinski definition) is 3. The third-order valence-corrected chi connectivity index (χ3v) is 4.21. The van der Waals surface area contributed by atoms with Crippen LogP contribution in [0.1, 0.15) is 45.4 Å². The first-order valence-electron chi connectivity index (χ1n) is 8.05. The monoisotopic (exact) mass is 288 g/mol. The maximum atomic E-state index is 4.55. The number of H-pyrrole nitrogens is 1. The second-order valence-electron chi connectivity index (χ2n) is 5.78. The summed E-state index contributed by atoms with van der Waals surface area (Å²) in [5.41, 5.74) is 0.779. The van der Waals surface area contributed by atoms with Crippen molar-refractivity contribution in [1.82, 2.24) is 20.2 Å². The summed E-state index contributed by atoms with van der Waals surface area (Å²) in [6.07, 6.45) is 9.99. The second-order valence-corrected chi connectivity index (χ2v) is 5.78. The van der Waals surface area contributed by atoms with Crippen molar-refractivity contribution in [2.45, 2.75) is 45.4 Å². The van der Waals surface area contributed by atoms with Crippen LogP contribution in [0, 0.1) is 5.92 Å². The predicted octanol–water partition coefficient (Wildman–Crippen LogP) is 3.17. The highest BCUT2D eigenvalue weighted by molar-refractivity contribution is 5.86. The van der Waals surface area contributed by atoms with Crippen LogP contribution in [0.4, 0.5) is 11.8 Å². The maximum absolute atomic E-state index is 4.55. The fraction of sp³-hybridized carbons (Fsp3) is 0.667. The zero-order valence-corrected chi connectivity index (χ0v) is 12.7. The van der Waals surface area contributed by atoms with Crippen LogP contribution >= 0.6 is 0 Å². The SMILES string of the molecule is CCNc1nc(NCCC2CCCCC2)c2cn[nH]c2n1. The van der Waals surface area contributed by atoms with E-state index in [1.165, 1.54) is 38.5 Å². The molecule has 0 bridgehead atoms. The van der Waals surface area contributed by atoms with E-state index in [1.807, 2.05) is 6.92 Å². The van der Waals surface area contributed by atoms with Crippen molar-refractivity contribution in [3.05, 3.63) is 6.20 Å². The van der Waals surface area contributed by atoms with Gasteiger partial charge in [-0.15, -0.1) is 0 Å². The molecule has 2 heterocycles. The van der Waals surface area contributed by atoms with E-state index in [0.29, 0.717) is 5.95 Å². The van der Waals surface area contributed by atoms with E-state index in [4.69, 9.17) is 0 Å². The topological polar surface area (TPSA) is 78.5 Å². The van der Waals surface area contributed by atoms with E-state index in [-0.39, 0.29) is 0 Å². The molecule has 0 atom stereocenters. The smallest absolute Gasteiger partial charge is 0.226 e. The van der Waals surface area contributed by atoms with Crippen molar-refractivity contribution >= 4 is 22.8 Å². The van der Waals surface area contributed by atoms with E-state index in [0.717, 1.165) is 35.9 Å². The molecule has 0 amide bonds. The van der Waals surface area contributed by atoms with Crippen LogP contribution in [0.15, 0.2) is 6.20 Å². The minimum absolute atomic E-state index is 0.648. The molecular formula is C15H24N6. The molecule has 2 aromatic heterocycles. The minimum Gasteiger partial charge on any atom is -0.369 e. The molecule has 0 spiro atoms. The Morgan fingerprint density at radius 1 is 1.19 bits per heavy atom. The number of hydrogen-bond acceptors (Lipinski definition) is 5. The van der Waals surface area contributed by atoms with Gasteiger partial charge in [0.2, 0.25) is 5.95 Å². The molecule has 1 saturated carbocycles. The zero-order chi connectivity index (χ0) is 14.5. The van der Waals surface area contributed by atoms with E-state index in [1.54, 1.807) is 6.20 Å². The summed E-state index contributed by atoms with van der Waals surface area (Å²) in [5.74, 6) is 2.40. The zero-order valence-electron chi connectivity index (χ0n) is 12.7. The Balaban J connectivity index is 1.65. The van der Waals surface area contributed by atoms with Gasteiger partial charge in [0.15, 0.2) is 5.65 Å². The number of aromatic nitrogens is 4. The number of nitrogens with zero attached hydrogens (tertiary/aromatic N) is 3. The van der Waals surface area contributed by atoms with Gasteiger partial charge in [0.25, 0.3) is 0 Å². The second kappa shape index (κ2) is 6.74. The lowest BCUT2D eigenvalue weighted by molar-refractivity contribution is 0.345. The van der Waals surface area contributed by atoms with E-state index >= 15 is 0 Å². The third-order valence-electron chi connectivity index (χ3n) is 4.21. The van der Waals surface area contributed by atoms with E-state index in [2.05, 4.69) is 30.8 Å². The lowest BCUT2D eigenvalue weighted by Crippen LogP contribution is -2.13. The third kappa shape index (κ3) is 3.43. The Morgan fingerprint density at radius 3 is 2.86 bits per heavy atom. The van der Waals surface area contributed by atoms with Gasteiger partial charge in [-0.05, 0) is 19.3 Å². The van der Waals surface area contributed by atoms with Gasteiger partial charge in [-0.25, -0.2) is 0 Å². The quantitative estimate of drug-likeness (QED) is 0.761. The van der Waals surface area contributed by atoms with Gasteiger partial charge in [-0.3, -0.25) is 5.10 Å². The van der Waals surface area contributed by atoms with Crippen LogP contribution < -0.4 is 10.6 Å². The first-order valence-corrected chi connectivity index (χ1v) is 8.05. The van der Waals surface area contributed by atoms with Gasteiger partial charge in [0.05, 0.1) is 11.6 Å². The minimum atomic E-state index is 0.648. The van der Waals surface area contributed by atoms with Gasteiger partial charge in [-0.2, -0.15) is 15.1 Å². The predicted molar refractivity (Wildman–Crippen MR) is 85.5 cm³/mol. The number of nitrogens with one attached hydrogen (secondary N) is 3. The van der Waals surface area contributed by atoms with Crippen LogP contribution in [0.5, 0.6) is 0 Å². The molecule has 114 valence electrons. The fourth-order valence-electron chi connectivity index (χ4n) is 3.08. The summed E-state index contributed by atoms with van der Waals surface area (Å²) in [6.45, 7) is 3.81. The van der Waals surface area contributed by atoms with Crippen LogP contribution in [0.3, 0.4) is 0 Å². The molecule has 3 N–H and O–H groups in total. The Hall–Kier alpha value is -1.85. The molecule has 2 aromatic rings. The summed E-state index contributed by atoms with van der Waals surface area (Å²) < 4.78 is 0. The van der Waals surface area contributed by atoms with Crippen molar-refractivity contribution in [2.24, 2.45) is 5.92 Å². The number of rotatable bonds is 6. The Kier molecular flexibility index (Phi) is 4.52. The fourth-order valence-corrected chi connectivity index (χ4v) is 3.08. The first-order chi connectivity index (χ1) is 10.4. The molecule has 6 heteroatoms.